The summed E-state index contributed by atoms with van der Waals surface area (Å²) >= 11 is 0. The molecule has 0 N–H and O–H groups in total. The second-order valence-electron chi connectivity index (χ2n) is 4.42. The minimum atomic E-state index is -4.43. The van der Waals surface area contributed by atoms with Crippen molar-refractivity contribution >= 4 is 11.6 Å². The van der Waals surface area contributed by atoms with E-state index in [1.807, 2.05) is 0 Å². The summed E-state index contributed by atoms with van der Waals surface area (Å²) in [6, 6.07) is 3.83. The summed E-state index contributed by atoms with van der Waals surface area (Å²) in [5, 5.41) is 0. The van der Waals surface area contributed by atoms with Crippen LogP contribution in [0.15, 0.2) is 18.2 Å². The van der Waals surface area contributed by atoms with Crippen LogP contribution >= 0.6 is 0 Å². The van der Waals surface area contributed by atoms with E-state index in [2.05, 4.69) is 4.98 Å². The Hall–Kier alpha value is -1.59. The molecule has 0 aromatic carbocycles. The van der Waals surface area contributed by atoms with E-state index < -0.39 is 11.9 Å². The van der Waals surface area contributed by atoms with E-state index in [4.69, 9.17) is 0 Å². The molecule has 0 radical (unpaired) electrons. The average molecular weight is 258 g/mol. The molecule has 1 aromatic heterocycles. The highest BCUT2D eigenvalue weighted by molar-refractivity contribution is 5.79. The second-order valence-corrected chi connectivity index (χ2v) is 4.42. The molecule has 3 nitrogen and oxygen atoms in total. The third kappa shape index (κ3) is 2.63. The summed E-state index contributed by atoms with van der Waals surface area (Å²) in [4.78, 5) is 16.6. The molecule has 0 aliphatic carbocycles. The van der Waals surface area contributed by atoms with Gasteiger partial charge in [0.15, 0.2) is 0 Å². The number of carbonyl (C=O) groups excluding carboxylic acids is 1. The fourth-order valence-electron chi connectivity index (χ4n) is 2.06. The third-order valence-corrected chi connectivity index (χ3v) is 3.11. The molecule has 0 saturated carbocycles. The van der Waals surface area contributed by atoms with Crippen LogP contribution in [0.3, 0.4) is 0 Å². The molecule has 6 heteroatoms. The van der Waals surface area contributed by atoms with Crippen LogP contribution in [0, 0.1) is 5.92 Å². The van der Waals surface area contributed by atoms with Crippen molar-refractivity contribution in [3.63, 3.8) is 0 Å². The minimum Gasteiger partial charge on any atom is -0.356 e. The van der Waals surface area contributed by atoms with Gasteiger partial charge in [-0.3, -0.25) is 4.79 Å². The highest BCUT2D eigenvalue weighted by atomic mass is 19.4. The zero-order valence-electron chi connectivity index (χ0n) is 9.87. The summed E-state index contributed by atoms with van der Waals surface area (Å²) < 4.78 is 37.6. The van der Waals surface area contributed by atoms with E-state index in [1.165, 1.54) is 19.1 Å². The lowest BCUT2D eigenvalue weighted by molar-refractivity contribution is -0.141. The number of aromatic nitrogens is 1. The molecule has 1 fully saturated rings. The number of hydrogen-bond acceptors (Lipinski definition) is 3. The monoisotopic (exact) mass is 258 g/mol. The van der Waals surface area contributed by atoms with Crippen molar-refractivity contribution in [3.05, 3.63) is 23.9 Å². The number of hydrogen-bond donors (Lipinski definition) is 0. The predicted molar refractivity (Wildman–Crippen MR) is 60.2 cm³/mol. The second kappa shape index (κ2) is 4.59. The molecule has 0 amide bonds. The van der Waals surface area contributed by atoms with Gasteiger partial charge < -0.3 is 4.90 Å². The van der Waals surface area contributed by atoms with Crippen LogP contribution in [0.5, 0.6) is 0 Å². The van der Waals surface area contributed by atoms with Crippen LogP contribution in [-0.4, -0.2) is 23.9 Å². The largest absolute Gasteiger partial charge is 0.433 e. The molecule has 98 valence electrons. The van der Waals surface area contributed by atoms with Gasteiger partial charge in [-0.2, -0.15) is 13.2 Å². The quantitative estimate of drug-likeness (QED) is 0.817. The van der Waals surface area contributed by atoms with Gasteiger partial charge in [-0.25, -0.2) is 4.98 Å². The number of pyridine rings is 1. The molecule has 1 aliphatic heterocycles. The maximum Gasteiger partial charge on any atom is 0.433 e. The number of rotatable bonds is 2. The molecule has 0 bridgehead atoms. The first-order valence-electron chi connectivity index (χ1n) is 5.67. The molecule has 18 heavy (non-hydrogen) atoms. The highest BCUT2D eigenvalue weighted by Gasteiger charge is 2.33. The summed E-state index contributed by atoms with van der Waals surface area (Å²) in [5.41, 5.74) is -0.897. The van der Waals surface area contributed by atoms with E-state index in [9.17, 15) is 18.0 Å². The number of nitrogens with zero attached hydrogens (tertiary/aromatic N) is 2. The summed E-state index contributed by atoms with van der Waals surface area (Å²) in [6.07, 6.45) is -3.76. The molecule has 2 heterocycles. The zero-order valence-corrected chi connectivity index (χ0v) is 9.87. The van der Waals surface area contributed by atoms with Crippen molar-refractivity contribution in [1.29, 1.82) is 0 Å². The van der Waals surface area contributed by atoms with E-state index >= 15 is 0 Å². The van der Waals surface area contributed by atoms with Gasteiger partial charge >= 0.3 is 6.18 Å². The Morgan fingerprint density at radius 3 is 2.72 bits per heavy atom. The number of halogens is 3. The van der Waals surface area contributed by atoms with Crippen molar-refractivity contribution in [1.82, 2.24) is 4.98 Å². The Bertz CT molecular complexity index is 459. The lowest BCUT2D eigenvalue weighted by atomic mass is 10.1. The molecular formula is C12H13F3N2O. The summed E-state index contributed by atoms with van der Waals surface area (Å²) in [7, 11) is 0. The molecule has 0 unspecified atom stereocenters. The summed E-state index contributed by atoms with van der Waals surface area (Å²) in [5.74, 6) is 0.263. The van der Waals surface area contributed by atoms with Gasteiger partial charge in [0.25, 0.3) is 0 Å². The van der Waals surface area contributed by atoms with Crippen LogP contribution in [0.2, 0.25) is 0 Å². The first-order chi connectivity index (χ1) is 8.38. The first-order valence-corrected chi connectivity index (χ1v) is 5.67. The smallest absolute Gasteiger partial charge is 0.356 e. The number of anilines is 1. The van der Waals surface area contributed by atoms with Crippen LogP contribution in [0.25, 0.3) is 0 Å². The minimum absolute atomic E-state index is 0.0736. The Balaban J connectivity index is 2.18. The molecule has 1 atom stereocenters. The fourth-order valence-corrected chi connectivity index (χ4v) is 2.06. The predicted octanol–water partition coefficient (Wildman–Crippen LogP) is 2.52. The summed E-state index contributed by atoms with van der Waals surface area (Å²) in [6.45, 7) is 2.52. The number of alkyl halides is 3. The molecular weight excluding hydrogens is 245 g/mol. The third-order valence-electron chi connectivity index (χ3n) is 3.11. The zero-order chi connectivity index (χ0) is 13.3. The van der Waals surface area contributed by atoms with Crippen molar-refractivity contribution < 1.29 is 18.0 Å². The Morgan fingerprint density at radius 1 is 1.44 bits per heavy atom. The van der Waals surface area contributed by atoms with E-state index in [-0.39, 0.29) is 17.5 Å². The van der Waals surface area contributed by atoms with Crippen LogP contribution in [0.4, 0.5) is 19.0 Å². The molecule has 1 aromatic rings. The maximum absolute atomic E-state index is 12.5. The fraction of sp³-hybridized carbons (Fsp3) is 0.500. The van der Waals surface area contributed by atoms with Gasteiger partial charge in [-0.1, -0.05) is 6.07 Å². The Labute approximate surface area is 103 Å². The van der Waals surface area contributed by atoms with Gasteiger partial charge in [0.2, 0.25) is 0 Å². The van der Waals surface area contributed by atoms with Gasteiger partial charge in [0.05, 0.1) is 0 Å². The number of ketones is 1. The van der Waals surface area contributed by atoms with Crippen LogP contribution < -0.4 is 4.90 Å². The van der Waals surface area contributed by atoms with Gasteiger partial charge in [-0.05, 0) is 25.5 Å². The highest BCUT2D eigenvalue weighted by Crippen LogP contribution is 2.30. The normalized spacial score (nSPS) is 20.2. The number of Topliss-reactive ketones (excluding diaryl/α,β-unsaturated/α-hetero) is 1. The Kier molecular flexibility index (Phi) is 3.28. The van der Waals surface area contributed by atoms with Gasteiger partial charge in [-0.15, -0.1) is 0 Å². The first kappa shape index (κ1) is 12.9. The number of carbonyl (C=O) groups is 1. The van der Waals surface area contributed by atoms with Crippen molar-refractivity contribution in [2.75, 3.05) is 18.0 Å². The SMILES string of the molecule is CC(=O)[C@H]1CCN(c2cccc(C(F)(F)F)n2)C1. The van der Waals surface area contributed by atoms with Gasteiger partial charge in [0.1, 0.15) is 17.3 Å². The van der Waals surface area contributed by atoms with Crippen LogP contribution in [0.1, 0.15) is 19.0 Å². The molecule has 1 aliphatic rings. The van der Waals surface area contributed by atoms with Crippen molar-refractivity contribution in [3.8, 4) is 0 Å². The maximum atomic E-state index is 12.5. The van der Waals surface area contributed by atoms with Crippen molar-refractivity contribution in [2.24, 2.45) is 5.92 Å². The van der Waals surface area contributed by atoms with E-state index in [0.29, 0.717) is 19.5 Å². The molecule has 2 rings (SSSR count). The lowest BCUT2D eigenvalue weighted by Crippen LogP contribution is -2.23. The molecule has 0 spiro atoms. The average Bonchev–Trinajstić information content (AvgIpc) is 2.77. The lowest BCUT2D eigenvalue weighted by Gasteiger charge is -2.18. The van der Waals surface area contributed by atoms with E-state index in [1.54, 1.807) is 4.90 Å². The van der Waals surface area contributed by atoms with Gasteiger partial charge in [0, 0.05) is 19.0 Å². The van der Waals surface area contributed by atoms with Crippen molar-refractivity contribution in [2.45, 2.75) is 19.5 Å². The Morgan fingerprint density at radius 2 is 2.17 bits per heavy atom. The van der Waals surface area contributed by atoms with Crippen LogP contribution in [-0.2, 0) is 11.0 Å². The molecule has 1 saturated heterocycles. The topological polar surface area (TPSA) is 33.2 Å². The standard InChI is InChI=1S/C12H13F3N2O/c1-8(18)9-5-6-17(7-9)11-4-2-3-10(16-11)12(13,14)15/h2-4,9H,5-7H2,1H3/t9-/m0/s1. The van der Waals surface area contributed by atoms with E-state index in [0.717, 1.165) is 6.07 Å².